The summed E-state index contributed by atoms with van der Waals surface area (Å²) in [6.45, 7) is 5.25. The van der Waals surface area contributed by atoms with E-state index in [1.165, 1.54) is 10.4 Å². The number of thiophene rings is 1. The minimum Gasteiger partial charge on any atom is -0.356 e. The van der Waals surface area contributed by atoms with E-state index in [2.05, 4.69) is 32.5 Å². The number of aromatic nitrogens is 3. The van der Waals surface area contributed by atoms with Crippen molar-refractivity contribution in [2.24, 2.45) is 5.92 Å². The first-order chi connectivity index (χ1) is 12.7. The number of aryl methyl sites for hydroxylation is 1. The second kappa shape index (κ2) is 6.09. The van der Waals surface area contributed by atoms with Gasteiger partial charge in [0, 0.05) is 48.9 Å². The molecule has 2 aliphatic rings. The largest absolute Gasteiger partial charge is 0.356 e. The Labute approximate surface area is 156 Å². The summed E-state index contributed by atoms with van der Waals surface area (Å²) in [6.07, 6.45) is 3.67. The topological polar surface area (TPSA) is 53.7 Å². The Hall–Kier alpha value is -2.41. The highest BCUT2D eigenvalue weighted by molar-refractivity contribution is 7.10. The van der Waals surface area contributed by atoms with E-state index >= 15 is 0 Å². The van der Waals surface area contributed by atoms with Gasteiger partial charge in [-0.2, -0.15) is 9.61 Å². The van der Waals surface area contributed by atoms with Crippen LogP contribution < -0.4 is 4.90 Å². The van der Waals surface area contributed by atoms with E-state index in [0.717, 1.165) is 56.2 Å². The standard InChI is InChI=1S/C19H21N5OS/c1-13-10-18(24-17(21-13)2-6-20-24)22-7-3-15(12-22)19(25)23-8-4-16-14(11-23)5-9-26-16/h2,5-6,9-10,15H,3-4,7-8,11-12H2,1H3. The normalized spacial score (nSPS) is 20.0. The van der Waals surface area contributed by atoms with Gasteiger partial charge in [0.05, 0.1) is 12.1 Å². The van der Waals surface area contributed by atoms with Crippen LogP contribution in [0.15, 0.2) is 29.8 Å². The van der Waals surface area contributed by atoms with Crippen molar-refractivity contribution in [3.63, 3.8) is 0 Å². The molecule has 3 aromatic rings. The smallest absolute Gasteiger partial charge is 0.227 e. The van der Waals surface area contributed by atoms with Crippen LogP contribution in [-0.2, 0) is 17.8 Å². The maximum absolute atomic E-state index is 13.1. The molecule has 3 aromatic heterocycles. The third-order valence-corrected chi connectivity index (χ3v) is 6.47. The van der Waals surface area contributed by atoms with Gasteiger partial charge in [0.1, 0.15) is 5.82 Å². The van der Waals surface area contributed by atoms with Crippen molar-refractivity contribution in [3.05, 3.63) is 45.9 Å². The molecule has 134 valence electrons. The van der Waals surface area contributed by atoms with Gasteiger partial charge in [-0.3, -0.25) is 4.79 Å². The molecular weight excluding hydrogens is 346 g/mol. The lowest BCUT2D eigenvalue weighted by Gasteiger charge is -2.29. The molecule has 0 N–H and O–H groups in total. The fourth-order valence-corrected chi connectivity index (χ4v) is 5.00. The summed E-state index contributed by atoms with van der Waals surface area (Å²) in [5.41, 5.74) is 3.16. The molecule has 7 heteroatoms. The van der Waals surface area contributed by atoms with Crippen LogP contribution in [0.5, 0.6) is 0 Å². The van der Waals surface area contributed by atoms with Gasteiger partial charge in [-0.25, -0.2) is 4.98 Å². The van der Waals surface area contributed by atoms with Crippen LogP contribution in [0.1, 0.15) is 22.6 Å². The zero-order valence-corrected chi connectivity index (χ0v) is 15.6. The SMILES string of the molecule is Cc1cc(N2CCC(C(=O)N3CCc4sccc4C3)C2)n2nccc2n1. The molecule has 6 nitrogen and oxygen atoms in total. The number of rotatable bonds is 2. The monoisotopic (exact) mass is 367 g/mol. The molecule has 0 saturated carbocycles. The van der Waals surface area contributed by atoms with Crippen LogP contribution in [-0.4, -0.2) is 45.0 Å². The van der Waals surface area contributed by atoms with E-state index < -0.39 is 0 Å². The van der Waals surface area contributed by atoms with Crippen molar-refractivity contribution in [1.82, 2.24) is 19.5 Å². The molecule has 5 heterocycles. The fourth-order valence-electron chi connectivity index (χ4n) is 4.11. The third kappa shape index (κ3) is 2.58. The number of nitrogens with zero attached hydrogens (tertiary/aromatic N) is 5. The van der Waals surface area contributed by atoms with Crippen LogP contribution in [0.25, 0.3) is 5.65 Å². The Bertz CT molecular complexity index is 977. The molecule has 26 heavy (non-hydrogen) atoms. The minimum atomic E-state index is 0.0641. The number of anilines is 1. The third-order valence-electron chi connectivity index (χ3n) is 5.45. The lowest BCUT2D eigenvalue weighted by molar-refractivity contribution is -0.135. The maximum Gasteiger partial charge on any atom is 0.227 e. The maximum atomic E-state index is 13.1. The number of carbonyl (C=O) groups excluding carboxylic acids is 1. The van der Waals surface area contributed by atoms with Gasteiger partial charge < -0.3 is 9.80 Å². The van der Waals surface area contributed by atoms with Crippen molar-refractivity contribution in [2.45, 2.75) is 26.3 Å². The Balaban J connectivity index is 1.34. The van der Waals surface area contributed by atoms with Gasteiger partial charge in [0.15, 0.2) is 5.65 Å². The molecule has 0 bridgehead atoms. The zero-order chi connectivity index (χ0) is 17.7. The Morgan fingerprint density at radius 1 is 1.31 bits per heavy atom. The van der Waals surface area contributed by atoms with Gasteiger partial charge in [-0.15, -0.1) is 11.3 Å². The molecule has 1 amide bonds. The summed E-state index contributed by atoms with van der Waals surface area (Å²) in [4.78, 5) is 23.3. The summed E-state index contributed by atoms with van der Waals surface area (Å²) in [7, 11) is 0. The molecule has 1 fully saturated rings. The van der Waals surface area contributed by atoms with Crippen molar-refractivity contribution in [3.8, 4) is 0 Å². The van der Waals surface area contributed by atoms with Crippen LogP contribution >= 0.6 is 11.3 Å². The minimum absolute atomic E-state index is 0.0641. The van der Waals surface area contributed by atoms with Gasteiger partial charge in [-0.05, 0) is 36.8 Å². The summed E-state index contributed by atoms with van der Waals surface area (Å²) in [5, 5.41) is 6.54. The van der Waals surface area contributed by atoms with Crippen molar-refractivity contribution in [1.29, 1.82) is 0 Å². The highest BCUT2D eigenvalue weighted by Gasteiger charge is 2.34. The zero-order valence-electron chi connectivity index (χ0n) is 14.8. The van der Waals surface area contributed by atoms with Gasteiger partial charge in [0.2, 0.25) is 5.91 Å². The fraction of sp³-hybridized carbons (Fsp3) is 0.421. The summed E-state index contributed by atoms with van der Waals surface area (Å²) in [5.74, 6) is 1.40. The molecule has 0 radical (unpaired) electrons. The molecule has 1 saturated heterocycles. The average Bonchev–Trinajstić information content (AvgIpc) is 3.38. The van der Waals surface area contributed by atoms with Crippen molar-refractivity contribution < 1.29 is 4.79 Å². The van der Waals surface area contributed by atoms with Crippen LogP contribution in [0, 0.1) is 12.8 Å². The lowest BCUT2D eigenvalue weighted by Crippen LogP contribution is -2.40. The van der Waals surface area contributed by atoms with Gasteiger partial charge in [0.25, 0.3) is 0 Å². The quantitative estimate of drug-likeness (QED) is 0.698. The first kappa shape index (κ1) is 15.8. The van der Waals surface area contributed by atoms with E-state index in [9.17, 15) is 4.79 Å². The number of fused-ring (bicyclic) bond motifs is 2. The molecule has 2 aliphatic heterocycles. The molecule has 0 spiro atoms. The predicted molar refractivity (Wildman–Crippen MR) is 101 cm³/mol. The van der Waals surface area contributed by atoms with E-state index in [1.807, 2.05) is 33.7 Å². The second-order valence-corrected chi connectivity index (χ2v) is 8.17. The molecular formula is C19H21N5OS. The van der Waals surface area contributed by atoms with Crippen molar-refractivity contribution >= 4 is 28.7 Å². The van der Waals surface area contributed by atoms with Gasteiger partial charge in [-0.1, -0.05) is 0 Å². The van der Waals surface area contributed by atoms with E-state index in [1.54, 1.807) is 6.20 Å². The average molecular weight is 367 g/mol. The molecule has 1 unspecified atom stereocenters. The van der Waals surface area contributed by atoms with Crippen LogP contribution in [0.3, 0.4) is 0 Å². The first-order valence-electron chi connectivity index (χ1n) is 9.09. The Morgan fingerprint density at radius 3 is 3.15 bits per heavy atom. The molecule has 5 rings (SSSR count). The molecule has 0 aromatic carbocycles. The van der Waals surface area contributed by atoms with E-state index in [0.29, 0.717) is 5.91 Å². The van der Waals surface area contributed by atoms with Crippen LogP contribution in [0.2, 0.25) is 0 Å². The van der Waals surface area contributed by atoms with Crippen LogP contribution in [0.4, 0.5) is 5.82 Å². The number of amides is 1. The second-order valence-electron chi connectivity index (χ2n) is 7.17. The summed E-state index contributed by atoms with van der Waals surface area (Å²) in [6, 6.07) is 6.14. The lowest BCUT2D eigenvalue weighted by atomic mass is 10.0. The van der Waals surface area contributed by atoms with E-state index in [4.69, 9.17) is 0 Å². The number of carbonyl (C=O) groups is 1. The molecule has 0 aliphatic carbocycles. The van der Waals surface area contributed by atoms with Gasteiger partial charge >= 0.3 is 0 Å². The summed E-state index contributed by atoms with van der Waals surface area (Å²) >= 11 is 1.81. The van der Waals surface area contributed by atoms with Crippen molar-refractivity contribution in [2.75, 3.05) is 24.5 Å². The summed E-state index contributed by atoms with van der Waals surface area (Å²) < 4.78 is 1.87. The number of hydrogen-bond donors (Lipinski definition) is 0. The highest BCUT2D eigenvalue weighted by atomic mass is 32.1. The Morgan fingerprint density at radius 2 is 2.23 bits per heavy atom. The number of hydrogen-bond acceptors (Lipinski definition) is 5. The molecule has 1 atom stereocenters. The predicted octanol–water partition coefficient (Wildman–Crippen LogP) is 2.51. The highest BCUT2D eigenvalue weighted by Crippen LogP contribution is 2.29. The Kier molecular flexibility index (Phi) is 3.70. The van der Waals surface area contributed by atoms with E-state index in [-0.39, 0.29) is 5.92 Å². The first-order valence-corrected chi connectivity index (χ1v) is 9.97.